The molecular formula is C26H30O4. The average molecular weight is 407 g/mol. The van der Waals surface area contributed by atoms with E-state index in [4.69, 9.17) is 4.74 Å². The molecule has 0 spiro atoms. The summed E-state index contributed by atoms with van der Waals surface area (Å²) in [5.41, 5.74) is 3.10. The van der Waals surface area contributed by atoms with Crippen LogP contribution < -0.4 is 0 Å². The van der Waals surface area contributed by atoms with Crippen molar-refractivity contribution in [3.63, 3.8) is 0 Å². The van der Waals surface area contributed by atoms with E-state index < -0.39 is 0 Å². The van der Waals surface area contributed by atoms with E-state index >= 15 is 0 Å². The minimum absolute atomic E-state index is 0.0483. The molecule has 0 aliphatic heterocycles. The zero-order valence-corrected chi connectivity index (χ0v) is 19.1. The van der Waals surface area contributed by atoms with Gasteiger partial charge in [0, 0.05) is 22.3 Å². The lowest BCUT2D eigenvalue weighted by Gasteiger charge is -2.29. The van der Waals surface area contributed by atoms with Crippen LogP contribution in [-0.2, 0) is 15.6 Å². The molecule has 30 heavy (non-hydrogen) atoms. The first-order valence-electron chi connectivity index (χ1n) is 10.1. The molecule has 0 heterocycles. The fraction of sp³-hybridized carbons (Fsp3) is 0.385. The van der Waals surface area contributed by atoms with Crippen LogP contribution in [0.25, 0.3) is 5.57 Å². The molecule has 0 bridgehead atoms. The lowest BCUT2D eigenvalue weighted by atomic mass is 9.76. The molecule has 0 amide bonds. The highest BCUT2D eigenvalue weighted by atomic mass is 16.5. The van der Waals surface area contributed by atoms with Crippen LogP contribution in [0.3, 0.4) is 0 Å². The number of ketones is 2. The molecule has 158 valence electrons. The third-order valence-electron chi connectivity index (χ3n) is 5.62. The van der Waals surface area contributed by atoms with Gasteiger partial charge in [0.15, 0.2) is 11.5 Å². The van der Waals surface area contributed by atoms with E-state index in [-0.39, 0.29) is 39.5 Å². The molecule has 4 heteroatoms. The summed E-state index contributed by atoms with van der Waals surface area (Å²) in [4.78, 5) is 26.8. The van der Waals surface area contributed by atoms with Crippen LogP contribution in [0.1, 0.15) is 84.5 Å². The van der Waals surface area contributed by atoms with Crippen LogP contribution in [0.4, 0.5) is 0 Å². The Bertz CT molecular complexity index is 1050. The number of phenolic OH excluding ortho intramolecular Hbond substituents is 1. The molecule has 1 aliphatic rings. The predicted octanol–water partition coefficient (Wildman–Crippen LogP) is 5.73. The predicted molar refractivity (Wildman–Crippen MR) is 119 cm³/mol. The van der Waals surface area contributed by atoms with Crippen LogP contribution in [-0.4, -0.2) is 23.8 Å². The maximum atomic E-state index is 13.5. The molecule has 3 rings (SSSR count). The number of methoxy groups -OCH3 is 1. The summed E-state index contributed by atoms with van der Waals surface area (Å²) in [6.07, 6.45) is 0. The monoisotopic (exact) mass is 406 g/mol. The van der Waals surface area contributed by atoms with Gasteiger partial charge in [0.25, 0.3) is 0 Å². The molecule has 0 aromatic heterocycles. The van der Waals surface area contributed by atoms with Crippen molar-refractivity contribution in [2.75, 3.05) is 7.11 Å². The van der Waals surface area contributed by atoms with Crippen molar-refractivity contribution in [1.82, 2.24) is 0 Å². The second kappa shape index (κ2) is 7.12. The molecule has 1 N–H and O–H groups in total. The fourth-order valence-electron chi connectivity index (χ4n) is 4.00. The third kappa shape index (κ3) is 3.45. The maximum Gasteiger partial charge on any atom is 0.229 e. The highest BCUT2D eigenvalue weighted by Gasteiger charge is 2.36. The molecule has 2 aromatic rings. The molecule has 1 aliphatic carbocycles. The van der Waals surface area contributed by atoms with Gasteiger partial charge in [0.05, 0.1) is 12.7 Å². The van der Waals surface area contributed by atoms with E-state index in [0.29, 0.717) is 16.7 Å². The first-order valence-corrected chi connectivity index (χ1v) is 10.1. The molecule has 2 aromatic carbocycles. The number of aryl methyl sites for hydroxylation is 1. The standard InChI is InChI=1S/C26H30O4/c1-14-10-9-11-16-19(14)23(29)24(30-8)20(21(16)27)15-12-17(25(2,3)4)22(28)18(13-15)26(5,6)7/h9-13,28H,1-8H3. The number of carbonyl (C=O) groups excluding carboxylic acids is 2. The Morgan fingerprint density at radius 1 is 0.867 bits per heavy atom. The number of allylic oxidation sites excluding steroid dienone is 2. The summed E-state index contributed by atoms with van der Waals surface area (Å²) < 4.78 is 5.48. The molecule has 0 unspecified atom stereocenters. The number of hydrogen-bond donors (Lipinski definition) is 1. The van der Waals surface area contributed by atoms with E-state index in [0.717, 1.165) is 16.7 Å². The zero-order chi connectivity index (χ0) is 22.6. The number of benzene rings is 2. The van der Waals surface area contributed by atoms with E-state index in [1.54, 1.807) is 12.1 Å². The van der Waals surface area contributed by atoms with Crippen molar-refractivity contribution < 1.29 is 19.4 Å². The first kappa shape index (κ1) is 21.8. The number of fused-ring (bicyclic) bond motifs is 1. The summed E-state index contributed by atoms with van der Waals surface area (Å²) in [5.74, 6) is -0.255. The number of ether oxygens (including phenoxy) is 1. The third-order valence-corrected chi connectivity index (χ3v) is 5.62. The Morgan fingerprint density at radius 3 is 1.87 bits per heavy atom. The van der Waals surface area contributed by atoms with Crippen molar-refractivity contribution in [3.05, 3.63) is 69.5 Å². The number of aromatic hydroxyl groups is 1. The minimum atomic E-state index is -0.357. The van der Waals surface area contributed by atoms with Crippen LogP contribution in [0.15, 0.2) is 36.1 Å². The molecular weight excluding hydrogens is 376 g/mol. The van der Waals surface area contributed by atoms with Crippen LogP contribution in [0.2, 0.25) is 0 Å². The zero-order valence-electron chi connectivity index (χ0n) is 19.1. The highest BCUT2D eigenvalue weighted by molar-refractivity contribution is 6.40. The number of hydrogen-bond acceptors (Lipinski definition) is 4. The summed E-state index contributed by atoms with van der Waals surface area (Å²) in [6.45, 7) is 13.9. The van der Waals surface area contributed by atoms with Crippen molar-refractivity contribution in [1.29, 1.82) is 0 Å². The van der Waals surface area contributed by atoms with Crippen LogP contribution in [0.5, 0.6) is 5.75 Å². The Morgan fingerprint density at radius 2 is 1.40 bits per heavy atom. The van der Waals surface area contributed by atoms with Gasteiger partial charge >= 0.3 is 0 Å². The number of Topliss-reactive ketones (excluding diaryl/α,β-unsaturated/α-hetero) is 2. The van der Waals surface area contributed by atoms with Gasteiger partial charge < -0.3 is 9.84 Å². The lowest BCUT2D eigenvalue weighted by Crippen LogP contribution is -2.24. The molecule has 0 atom stereocenters. The van der Waals surface area contributed by atoms with Crippen LogP contribution in [0, 0.1) is 6.92 Å². The Hall–Kier alpha value is -2.88. The van der Waals surface area contributed by atoms with Gasteiger partial charge in [0.2, 0.25) is 5.78 Å². The van der Waals surface area contributed by atoms with E-state index in [1.165, 1.54) is 7.11 Å². The molecule has 0 saturated heterocycles. The van der Waals surface area contributed by atoms with Gasteiger partial charge in [-0.15, -0.1) is 0 Å². The summed E-state index contributed by atoms with van der Waals surface area (Å²) >= 11 is 0. The van der Waals surface area contributed by atoms with E-state index in [2.05, 4.69) is 0 Å². The quantitative estimate of drug-likeness (QED) is 0.691. The van der Waals surface area contributed by atoms with Crippen LogP contribution >= 0.6 is 0 Å². The van der Waals surface area contributed by atoms with E-state index in [1.807, 2.05) is 66.7 Å². The molecule has 0 saturated carbocycles. The van der Waals surface area contributed by atoms with E-state index in [9.17, 15) is 14.7 Å². The fourth-order valence-corrected chi connectivity index (χ4v) is 4.00. The van der Waals surface area contributed by atoms with Crippen molar-refractivity contribution in [2.24, 2.45) is 0 Å². The van der Waals surface area contributed by atoms with Gasteiger partial charge in [0.1, 0.15) is 5.75 Å². The number of carbonyl (C=O) groups is 2. The smallest absolute Gasteiger partial charge is 0.229 e. The largest absolute Gasteiger partial charge is 0.507 e. The first-order chi connectivity index (χ1) is 13.8. The summed E-state index contributed by atoms with van der Waals surface area (Å²) in [5, 5.41) is 11.0. The average Bonchev–Trinajstić information content (AvgIpc) is 2.62. The topological polar surface area (TPSA) is 63.6 Å². The number of rotatable bonds is 2. The van der Waals surface area contributed by atoms with Gasteiger partial charge in [-0.05, 0) is 41.0 Å². The minimum Gasteiger partial charge on any atom is -0.507 e. The molecule has 0 fully saturated rings. The second-order valence-corrected chi connectivity index (χ2v) is 9.98. The van der Waals surface area contributed by atoms with Gasteiger partial charge in [-0.25, -0.2) is 0 Å². The Kier molecular flexibility index (Phi) is 5.18. The highest BCUT2D eigenvalue weighted by Crippen LogP contribution is 2.43. The lowest BCUT2D eigenvalue weighted by molar-refractivity contribution is 0.0924. The van der Waals surface area contributed by atoms with Crippen molar-refractivity contribution >= 4 is 17.1 Å². The summed E-state index contributed by atoms with van der Waals surface area (Å²) in [6, 6.07) is 8.91. The van der Waals surface area contributed by atoms with Crippen molar-refractivity contribution in [2.45, 2.75) is 59.3 Å². The van der Waals surface area contributed by atoms with Crippen molar-refractivity contribution in [3.8, 4) is 5.75 Å². The van der Waals surface area contributed by atoms with Gasteiger partial charge in [-0.3, -0.25) is 9.59 Å². The normalized spacial score (nSPS) is 14.8. The molecule has 4 nitrogen and oxygen atoms in total. The maximum absolute atomic E-state index is 13.5. The number of phenols is 1. The SMILES string of the molecule is COC1=C(c2cc(C(C)(C)C)c(O)c(C(C)(C)C)c2)C(=O)c2cccc(C)c2C1=O. The Balaban J connectivity index is 2.39. The molecule has 0 radical (unpaired) electrons. The van der Waals surface area contributed by atoms with Gasteiger partial charge in [-0.2, -0.15) is 0 Å². The van der Waals surface area contributed by atoms with Gasteiger partial charge in [-0.1, -0.05) is 59.7 Å². The Labute approximate surface area is 178 Å². The summed E-state index contributed by atoms with van der Waals surface area (Å²) in [7, 11) is 1.42. The second-order valence-electron chi connectivity index (χ2n) is 9.98.